The highest BCUT2D eigenvalue weighted by Crippen LogP contribution is 2.50. The topological polar surface area (TPSA) is 51.8 Å². The molecule has 4 aliphatic rings. The van der Waals surface area contributed by atoms with Gasteiger partial charge < -0.3 is 4.90 Å². The van der Waals surface area contributed by atoms with E-state index in [4.69, 9.17) is 15.2 Å². The fourth-order valence-electron chi connectivity index (χ4n) is 6.67. The molecular weight excluding hydrogens is 471 g/mol. The van der Waals surface area contributed by atoms with Gasteiger partial charge in [-0.05, 0) is 97.2 Å². The van der Waals surface area contributed by atoms with Gasteiger partial charge in [0.2, 0.25) is 0 Å². The predicted octanol–water partition coefficient (Wildman–Crippen LogP) is 9.14. The molecule has 2 aromatic rings. The highest BCUT2D eigenvalue weighted by Gasteiger charge is 2.31. The van der Waals surface area contributed by atoms with Gasteiger partial charge in [0.25, 0.3) is 0 Å². The summed E-state index contributed by atoms with van der Waals surface area (Å²) in [6.45, 7) is 3.11. The molecule has 2 aliphatic heterocycles. The van der Waals surface area contributed by atoms with E-state index >= 15 is 4.39 Å². The Morgan fingerprint density at radius 3 is 2.74 bits per heavy atom. The second-order valence-electron chi connectivity index (χ2n) is 11.3. The number of benzene rings is 2. The van der Waals surface area contributed by atoms with Crippen LogP contribution in [0.4, 0.5) is 15.8 Å². The molecule has 0 spiro atoms. The predicted molar refractivity (Wildman–Crippen MR) is 154 cm³/mol. The monoisotopic (exact) mass is 508 g/mol. The third-order valence-electron chi connectivity index (χ3n) is 8.89. The summed E-state index contributed by atoms with van der Waals surface area (Å²) in [5, 5.41) is 9.07. The number of allylic oxidation sites excluding steroid dienone is 2. The van der Waals surface area contributed by atoms with Gasteiger partial charge in [-0.15, -0.1) is 0 Å². The fourth-order valence-corrected chi connectivity index (χ4v) is 6.67. The average molecular weight is 509 g/mol. The van der Waals surface area contributed by atoms with E-state index in [0.717, 1.165) is 73.1 Å². The Hall–Kier alpha value is -3.26. The maximum absolute atomic E-state index is 16.1. The zero-order chi connectivity index (χ0) is 26.1. The molecule has 6 rings (SSSR count). The molecule has 2 saturated carbocycles. The van der Waals surface area contributed by atoms with Crippen LogP contribution in [0.5, 0.6) is 0 Å². The molecule has 0 radical (unpaired) electrons. The first-order chi connectivity index (χ1) is 18.7. The lowest BCUT2D eigenvalue weighted by molar-refractivity contribution is 0.242. The first kappa shape index (κ1) is 25.0. The molecule has 5 heteroatoms. The van der Waals surface area contributed by atoms with E-state index in [2.05, 4.69) is 36.1 Å². The van der Waals surface area contributed by atoms with Gasteiger partial charge in [0.05, 0.1) is 23.8 Å². The molecule has 2 fully saturated rings. The number of halogens is 1. The third-order valence-corrected chi connectivity index (χ3v) is 8.89. The van der Waals surface area contributed by atoms with Crippen LogP contribution in [0.25, 0.3) is 16.7 Å². The molecule has 0 aromatic heterocycles. The van der Waals surface area contributed by atoms with Crippen LogP contribution in [0.15, 0.2) is 39.8 Å². The number of hydrogen-bond donors (Lipinski definition) is 0. The minimum absolute atomic E-state index is 0.191. The molecule has 0 N–H and O–H groups in total. The van der Waals surface area contributed by atoms with Gasteiger partial charge in [0.1, 0.15) is 5.82 Å². The van der Waals surface area contributed by atoms with Crippen molar-refractivity contribution in [1.29, 1.82) is 5.26 Å². The Labute approximate surface area is 226 Å². The fraction of sp³-hybridized carbons (Fsp3) is 0.485. The molecular formula is C33H37FN4. The number of fused-ring (bicyclic) bond motifs is 2. The molecule has 0 saturated heterocycles. The van der Waals surface area contributed by atoms with Crippen molar-refractivity contribution < 1.29 is 4.39 Å². The zero-order valence-corrected chi connectivity index (χ0v) is 22.5. The van der Waals surface area contributed by atoms with Crippen LogP contribution in [0.1, 0.15) is 107 Å². The van der Waals surface area contributed by atoms with Crippen molar-refractivity contribution in [3.05, 3.63) is 52.3 Å². The lowest BCUT2D eigenvalue weighted by Crippen LogP contribution is -2.36. The van der Waals surface area contributed by atoms with Crippen LogP contribution in [0, 0.1) is 17.1 Å². The Bertz CT molecular complexity index is 1350. The summed E-state index contributed by atoms with van der Waals surface area (Å²) < 4.78 is 16.1. The van der Waals surface area contributed by atoms with Crippen LogP contribution >= 0.6 is 0 Å². The van der Waals surface area contributed by atoms with Crippen LogP contribution in [0.2, 0.25) is 0 Å². The highest BCUT2D eigenvalue weighted by molar-refractivity contribution is 5.90. The SMILES string of the molecule is CCC1CC=Nc2c(C(CCCC#N)=C3CC3)c(F)cc(-c3ccc4c(c3)N=CN(C3CCCCC3)C4)c21. The first-order valence-corrected chi connectivity index (χ1v) is 14.6. The maximum atomic E-state index is 16.1. The molecule has 0 bridgehead atoms. The molecule has 38 heavy (non-hydrogen) atoms. The van der Waals surface area contributed by atoms with Gasteiger partial charge >= 0.3 is 0 Å². The summed E-state index contributed by atoms with van der Waals surface area (Å²) in [6, 6.07) is 11.1. The largest absolute Gasteiger partial charge is 0.355 e. The lowest BCUT2D eigenvalue weighted by atomic mass is 9.80. The van der Waals surface area contributed by atoms with Gasteiger partial charge in [0, 0.05) is 30.8 Å². The molecule has 2 heterocycles. The van der Waals surface area contributed by atoms with Crippen molar-refractivity contribution in [2.24, 2.45) is 9.98 Å². The Morgan fingerprint density at radius 2 is 1.97 bits per heavy atom. The second-order valence-corrected chi connectivity index (χ2v) is 11.3. The number of nitriles is 1. The van der Waals surface area contributed by atoms with Crippen LogP contribution in [0.3, 0.4) is 0 Å². The smallest absolute Gasteiger partial charge is 0.133 e. The van der Waals surface area contributed by atoms with E-state index in [0.29, 0.717) is 23.9 Å². The molecule has 2 aliphatic carbocycles. The van der Waals surface area contributed by atoms with Crippen molar-refractivity contribution in [1.82, 2.24) is 4.90 Å². The van der Waals surface area contributed by atoms with Crippen molar-refractivity contribution in [3.63, 3.8) is 0 Å². The van der Waals surface area contributed by atoms with Gasteiger partial charge in [0.15, 0.2) is 0 Å². The summed E-state index contributed by atoms with van der Waals surface area (Å²) in [5.41, 5.74) is 9.31. The summed E-state index contributed by atoms with van der Waals surface area (Å²) in [6.07, 6.45) is 16.4. The summed E-state index contributed by atoms with van der Waals surface area (Å²) in [4.78, 5) is 12.1. The Kier molecular flexibility index (Phi) is 7.15. The van der Waals surface area contributed by atoms with Crippen LogP contribution in [-0.4, -0.2) is 23.5 Å². The standard InChI is InChI=1S/C33H37FN4/c1-2-22-15-17-36-33-31(22)28(19-29(34)32(33)27(23-11-12-23)10-6-7-16-35)24-13-14-25-20-38(21-37-30(25)18-24)26-8-4-3-5-9-26/h13-14,17-19,21-22,26H,2-12,15,20H2,1H3. The Morgan fingerprint density at radius 1 is 1.13 bits per heavy atom. The minimum atomic E-state index is -0.191. The van der Waals surface area contributed by atoms with E-state index in [1.165, 1.54) is 48.8 Å². The number of hydrogen-bond acceptors (Lipinski definition) is 4. The second kappa shape index (κ2) is 10.8. The van der Waals surface area contributed by atoms with Gasteiger partial charge in [-0.2, -0.15) is 5.26 Å². The number of aliphatic imine (C=N–C) groups is 2. The number of unbranched alkanes of at least 4 members (excludes halogenated alkanes) is 1. The quantitative estimate of drug-likeness (QED) is 0.350. The summed E-state index contributed by atoms with van der Waals surface area (Å²) in [5.74, 6) is 0.117. The third kappa shape index (κ3) is 4.82. The maximum Gasteiger partial charge on any atom is 0.133 e. The van der Waals surface area contributed by atoms with Gasteiger partial charge in [-0.3, -0.25) is 4.99 Å². The number of nitrogens with zero attached hydrogens (tertiary/aromatic N) is 4. The van der Waals surface area contributed by atoms with Crippen LogP contribution in [-0.2, 0) is 6.54 Å². The van der Waals surface area contributed by atoms with E-state index in [1.807, 2.05) is 12.6 Å². The van der Waals surface area contributed by atoms with Crippen molar-refractivity contribution >= 4 is 29.5 Å². The normalized spacial score (nSPS) is 20.2. The van der Waals surface area contributed by atoms with Crippen LogP contribution < -0.4 is 0 Å². The van der Waals surface area contributed by atoms with E-state index < -0.39 is 0 Å². The minimum Gasteiger partial charge on any atom is -0.355 e. The molecule has 196 valence electrons. The Balaban J connectivity index is 1.40. The highest BCUT2D eigenvalue weighted by atomic mass is 19.1. The van der Waals surface area contributed by atoms with Gasteiger partial charge in [-0.1, -0.05) is 43.9 Å². The van der Waals surface area contributed by atoms with E-state index in [-0.39, 0.29) is 5.82 Å². The van der Waals surface area contributed by atoms with Crippen molar-refractivity contribution in [2.75, 3.05) is 0 Å². The zero-order valence-electron chi connectivity index (χ0n) is 22.5. The van der Waals surface area contributed by atoms with Crippen molar-refractivity contribution in [3.8, 4) is 17.2 Å². The van der Waals surface area contributed by atoms with Gasteiger partial charge in [-0.25, -0.2) is 9.38 Å². The molecule has 0 amide bonds. The first-order valence-electron chi connectivity index (χ1n) is 14.6. The molecule has 4 nitrogen and oxygen atoms in total. The lowest BCUT2D eigenvalue weighted by Gasteiger charge is -2.35. The summed E-state index contributed by atoms with van der Waals surface area (Å²) >= 11 is 0. The molecule has 1 unspecified atom stereocenters. The summed E-state index contributed by atoms with van der Waals surface area (Å²) in [7, 11) is 0. The van der Waals surface area contributed by atoms with Crippen molar-refractivity contribution in [2.45, 2.75) is 102 Å². The van der Waals surface area contributed by atoms with E-state index in [9.17, 15) is 0 Å². The van der Waals surface area contributed by atoms with E-state index in [1.54, 1.807) is 6.07 Å². The average Bonchev–Trinajstić information content (AvgIpc) is 3.81. The molecule has 2 aromatic carbocycles. The number of rotatable bonds is 7. The molecule has 1 atom stereocenters.